The lowest BCUT2D eigenvalue weighted by Crippen LogP contribution is -2.26. The Balaban J connectivity index is 2.14. The van der Waals surface area contributed by atoms with E-state index in [0.29, 0.717) is 17.8 Å². The van der Waals surface area contributed by atoms with Crippen LogP contribution in [-0.4, -0.2) is 36.9 Å². The molecule has 0 spiro atoms. The molecule has 0 fully saturated rings. The molecule has 5 nitrogen and oxygen atoms in total. The number of hydrogen-bond acceptors (Lipinski definition) is 4. The first-order valence-corrected chi connectivity index (χ1v) is 6.70. The lowest BCUT2D eigenvalue weighted by atomic mass is 10.1. The molecule has 2 rings (SSSR count). The SMILES string of the molecule is CN(Cc1ccncc1)C(=O)c1ccc(N(C)C)c(N)c1. The average molecular weight is 284 g/mol. The van der Waals surface area contributed by atoms with Gasteiger partial charge in [0.25, 0.3) is 5.91 Å². The maximum atomic E-state index is 12.4. The van der Waals surface area contributed by atoms with Crippen molar-refractivity contribution in [1.29, 1.82) is 0 Å². The van der Waals surface area contributed by atoms with E-state index >= 15 is 0 Å². The van der Waals surface area contributed by atoms with E-state index in [-0.39, 0.29) is 5.91 Å². The van der Waals surface area contributed by atoms with E-state index < -0.39 is 0 Å². The van der Waals surface area contributed by atoms with Gasteiger partial charge in [0.2, 0.25) is 0 Å². The van der Waals surface area contributed by atoms with Gasteiger partial charge in [-0.2, -0.15) is 0 Å². The zero-order chi connectivity index (χ0) is 15.4. The molecule has 0 atom stereocenters. The van der Waals surface area contributed by atoms with Gasteiger partial charge in [0, 0.05) is 45.6 Å². The topological polar surface area (TPSA) is 62.5 Å². The van der Waals surface area contributed by atoms with Crippen LogP contribution < -0.4 is 10.6 Å². The fourth-order valence-electron chi connectivity index (χ4n) is 2.15. The Morgan fingerprint density at radius 1 is 1.14 bits per heavy atom. The van der Waals surface area contributed by atoms with Crippen molar-refractivity contribution in [2.24, 2.45) is 0 Å². The van der Waals surface area contributed by atoms with Crippen molar-refractivity contribution in [2.45, 2.75) is 6.54 Å². The third-order valence-electron chi connectivity index (χ3n) is 3.27. The summed E-state index contributed by atoms with van der Waals surface area (Å²) in [4.78, 5) is 20.0. The van der Waals surface area contributed by atoms with Crippen LogP contribution in [0.1, 0.15) is 15.9 Å². The van der Waals surface area contributed by atoms with Gasteiger partial charge in [0.05, 0.1) is 11.4 Å². The monoisotopic (exact) mass is 284 g/mol. The molecule has 0 aliphatic heterocycles. The van der Waals surface area contributed by atoms with Crippen LogP contribution in [0.15, 0.2) is 42.7 Å². The zero-order valence-electron chi connectivity index (χ0n) is 12.6. The van der Waals surface area contributed by atoms with E-state index in [1.165, 1.54) is 0 Å². The standard InChI is InChI=1S/C16H20N4O/c1-19(2)15-5-4-13(10-14(15)17)16(21)20(3)11-12-6-8-18-9-7-12/h4-10H,11,17H2,1-3H3. The van der Waals surface area contributed by atoms with Crippen molar-refractivity contribution in [3.63, 3.8) is 0 Å². The molecule has 0 radical (unpaired) electrons. The summed E-state index contributed by atoms with van der Waals surface area (Å²) in [6, 6.07) is 9.18. The van der Waals surface area contributed by atoms with Crippen molar-refractivity contribution in [3.05, 3.63) is 53.9 Å². The van der Waals surface area contributed by atoms with Crippen molar-refractivity contribution >= 4 is 17.3 Å². The van der Waals surface area contributed by atoms with E-state index in [0.717, 1.165) is 11.3 Å². The smallest absolute Gasteiger partial charge is 0.253 e. The van der Waals surface area contributed by atoms with Crippen molar-refractivity contribution < 1.29 is 4.79 Å². The number of benzene rings is 1. The number of pyridine rings is 1. The second-order valence-corrected chi connectivity index (χ2v) is 5.18. The predicted octanol–water partition coefficient (Wildman–Crippen LogP) is 2.00. The zero-order valence-corrected chi connectivity index (χ0v) is 12.6. The molecule has 1 aromatic heterocycles. The first-order valence-electron chi connectivity index (χ1n) is 6.70. The number of nitrogens with zero attached hydrogens (tertiary/aromatic N) is 3. The first-order chi connectivity index (χ1) is 9.99. The van der Waals surface area contributed by atoms with Crippen LogP contribution in [0.2, 0.25) is 0 Å². The number of aromatic nitrogens is 1. The van der Waals surface area contributed by atoms with Gasteiger partial charge < -0.3 is 15.5 Å². The summed E-state index contributed by atoms with van der Waals surface area (Å²) >= 11 is 0. The van der Waals surface area contributed by atoms with E-state index in [1.54, 1.807) is 36.5 Å². The lowest BCUT2D eigenvalue weighted by Gasteiger charge is -2.19. The summed E-state index contributed by atoms with van der Waals surface area (Å²) in [6.07, 6.45) is 3.44. The highest BCUT2D eigenvalue weighted by molar-refractivity contribution is 5.96. The second-order valence-electron chi connectivity index (χ2n) is 5.18. The molecule has 2 N–H and O–H groups in total. The summed E-state index contributed by atoms with van der Waals surface area (Å²) < 4.78 is 0. The Labute approximate surface area is 125 Å². The fraction of sp³-hybridized carbons (Fsp3) is 0.250. The largest absolute Gasteiger partial charge is 0.397 e. The summed E-state index contributed by atoms with van der Waals surface area (Å²) in [6.45, 7) is 0.538. The number of amides is 1. The molecule has 0 bridgehead atoms. The summed E-state index contributed by atoms with van der Waals surface area (Å²) in [7, 11) is 5.62. The second kappa shape index (κ2) is 6.26. The molecular weight excluding hydrogens is 264 g/mol. The Bertz CT molecular complexity index is 625. The molecule has 21 heavy (non-hydrogen) atoms. The van der Waals surface area contributed by atoms with E-state index in [1.807, 2.05) is 37.2 Å². The Morgan fingerprint density at radius 2 is 1.81 bits per heavy atom. The third kappa shape index (κ3) is 3.51. The molecule has 2 aromatic rings. The minimum absolute atomic E-state index is 0.0520. The van der Waals surface area contributed by atoms with Crippen LogP contribution in [0.3, 0.4) is 0 Å². The van der Waals surface area contributed by atoms with E-state index in [9.17, 15) is 4.79 Å². The Morgan fingerprint density at radius 3 is 2.38 bits per heavy atom. The van der Waals surface area contributed by atoms with Crippen molar-refractivity contribution in [2.75, 3.05) is 31.8 Å². The molecule has 1 amide bonds. The molecule has 110 valence electrons. The van der Waals surface area contributed by atoms with Gasteiger partial charge in [-0.1, -0.05) is 0 Å². The normalized spacial score (nSPS) is 10.2. The third-order valence-corrected chi connectivity index (χ3v) is 3.27. The highest BCUT2D eigenvalue weighted by atomic mass is 16.2. The molecule has 1 heterocycles. The van der Waals surface area contributed by atoms with E-state index in [2.05, 4.69) is 4.98 Å². The molecule has 5 heteroatoms. The van der Waals surface area contributed by atoms with Gasteiger partial charge in [0.15, 0.2) is 0 Å². The highest BCUT2D eigenvalue weighted by Crippen LogP contribution is 2.23. The van der Waals surface area contributed by atoms with Crippen LogP contribution >= 0.6 is 0 Å². The Kier molecular flexibility index (Phi) is 4.42. The van der Waals surface area contributed by atoms with Gasteiger partial charge >= 0.3 is 0 Å². The van der Waals surface area contributed by atoms with Crippen molar-refractivity contribution in [1.82, 2.24) is 9.88 Å². The van der Waals surface area contributed by atoms with Crippen LogP contribution in [0.25, 0.3) is 0 Å². The highest BCUT2D eigenvalue weighted by Gasteiger charge is 2.14. The molecule has 1 aromatic carbocycles. The molecule has 0 aliphatic carbocycles. The molecule has 0 saturated heterocycles. The fourth-order valence-corrected chi connectivity index (χ4v) is 2.15. The quantitative estimate of drug-likeness (QED) is 0.872. The lowest BCUT2D eigenvalue weighted by molar-refractivity contribution is 0.0785. The minimum atomic E-state index is -0.0520. The summed E-state index contributed by atoms with van der Waals surface area (Å²) in [5.41, 5.74) is 9.13. The summed E-state index contributed by atoms with van der Waals surface area (Å²) in [5, 5.41) is 0. The molecular formula is C16H20N4O. The van der Waals surface area contributed by atoms with Crippen LogP contribution in [0.4, 0.5) is 11.4 Å². The average Bonchev–Trinajstić information content (AvgIpc) is 2.47. The van der Waals surface area contributed by atoms with Crippen molar-refractivity contribution in [3.8, 4) is 0 Å². The van der Waals surface area contributed by atoms with Gasteiger partial charge in [-0.15, -0.1) is 0 Å². The molecule has 0 unspecified atom stereocenters. The number of carbonyl (C=O) groups excluding carboxylic acids is 1. The van der Waals surface area contributed by atoms with Gasteiger partial charge in [-0.25, -0.2) is 0 Å². The van der Waals surface area contributed by atoms with Gasteiger partial charge in [0.1, 0.15) is 0 Å². The number of anilines is 2. The number of nitrogen functional groups attached to an aromatic ring is 1. The number of rotatable bonds is 4. The Hall–Kier alpha value is -2.56. The minimum Gasteiger partial charge on any atom is -0.397 e. The van der Waals surface area contributed by atoms with Crippen LogP contribution in [-0.2, 0) is 6.54 Å². The predicted molar refractivity (Wildman–Crippen MR) is 85.2 cm³/mol. The van der Waals surface area contributed by atoms with Crippen LogP contribution in [0.5, 0.6) is 0 Å². The van der Waals surface area contributed by atoms with Gasteiger partial charge in [-0.3, -0.25) is 9.78 Å². The first kappa shape index (κ1) is 14.8. The van der Waals surface area contributed by atoms with Crippen LogP contribution in [0, 0.1) is 0 Å². The molecule has 0 saturated carbocycles. The number of carbonyl (C=O) groups is 1. The summed E-state index contributed by atoms with van der Waals surface area (Å²) in [5.74, 6) is -0.0520. The molecule has 0 aliphatic rings. The van der Waals surface area contributed by atoms with Gasteiger partial charge in [-0.05, 0) is 35.9 Å². The maximum Gasteiger partial charge on any atom is 0.253 e. The maximum absolute atomic E-state index is 12.4. The number of nitrogens with two attached hydrogens (primary N) is 1. The van der Waals surface area contributed by atoms with E-state index in [4.69, 9.17) is 5.73 Å². The number of hydrogen-bond donors (Lipinski definition) is 1.